The van der Waals surface area contributed by atoms with Crippen LogP contribution in [0.4, 0.5) is 0 Å². The van der Waals surface area contributed by atoms with E-state index in [0.717, 1.165) is 25.7 Å². The van der Waals surface area contributed by atoms with E-state index in [4.69, 9.17) is 16.3 Å². The summed E-state index contributed by atoms with van der Waals surface area (Å²) < 4.78 is 0. The molecule has 3 amide bonds. The SMILES string of the molecule is CCCCCCCCCC(=O)N(CCN)C(=O)CCCCCCCCC.N#CC(C#N)C(N)=O. The van der Waals surface area contributed by atoms with Gasteiger partial charge in [0.1, 0.15) is 0 Å². The molecule has 0 unspecified atom stereocenters. The Bertz CT molecular complexity index is 581. The third-order valence-corrected chi connectivity index (χ3v) is 5.49. The number of amides is 3. The van der Waals surface area contributed by atoms with Crippen LogP contribution >= 0.6 is 0 Å². The Kier molecular flexibility index (Phi) is 25.0. The first-order valence-corrected chi connectivity index (χ1v) is 13.0. The molecule has 0 bridgehead atoms. The molecule has 0 spiro atoms. The summed E-state index contributed by atoms with van der Waals surface area (Å²) in [5, 5.41) is 15.8. The maximum atomic E-state index is 12.4. The third-order valence-electron chi connectivity index (χ3n) is 5.49. The molecule has 0 atom stereocenters. The summed E-state index contributed by atoms with van der Waals surface area (Å²) in [4.78, 5) is 36.1. The van der Waals surface area contributed by atoms with Crippen LogP contribution in [0.15, 0.2) is 0 Å². The molecule has 8 nitrogen and oxygen atoms in total. The lowest BCUT2D eigenvalue weighted by molar-refractivity contribution is -0.144. The van der Waals surface area contributed by atoms with E-state index >= 15 is 0 Å². The van der Waals surface area contributed by atoms with Crippen molar-refractivity contribution in [3.63, 3.8) is 0 Å². The quantitative estimate of drug-likeness (QED) is 0.257. The van der Waals surface area contributed by atoms with Gasteiger partial charge >= 0.3 is 0 Å². The van der Waals surface area contributed by atoms with Gasteiger partial charge in [-0.25, -0.2) is 0 Å². The molecular formula is C26H47N5O3. The highest BCUT2D eigenvalue weighted by atomic mass is 16.2. The normalized spacial score (nSPS) is 10.1. The van der Waals surface area contributed by atoms with Crippen LogP contribution in [0.3, 0.4) is 0 Å². The van der Waals surface area contributed by atoms with Gasteiger partial charge in [-0.3, -0.25) is 19.3 Å². The van der Waals surface area contributed by atoms with Crippen molar-refractivity contribution in [2.75, 3.05) is 13.1 Å². The van der Waals surface area contributed by atoms with E-state index in [1.807, 2.05) is 0 Å². The highest BCUT2D eigenvalue weighted by Crippen LogP contribution is 2.12. The molecule has 0 aromatic heterocycles. The van der Waals surface area contributed by atoms with Crippen molar-refractivity contribution in [3.05, 3.63) is 0 Å². The first kappa shape index (κ1) is 33.7. The maximum Gasteiger partial charge on any atom is 0.249 e. The van der Waals surface area contributed by atoms with Gasteiger partial charge in [0.2, 0.25) is 23.6 Å². The molecule has 194 valence electrons. The molecule has 0 aromatic rings. The number of imide groups is 1. The molecule has 0 heterocycles. The fourth-order valence-electron chi connectivity index (χ4n) is 3.41. The van der Waals surface area contributed by atoms with Crippen LogP contribution in [0.2, 0.25) is 0 Å². The number of rotatable bonds is 19. The largest absolute Gasteiger partial charge is 0.368 e. The molecule has 0 saturated heterocycles. The number of hydrogen-bond acceptors (Lipinski definition) is 6. The van der Waals surface area contributed by atoms with Crippen LogP contribution in [0.25, 0.3) is 0 Å². The molecule has 0 rings (SSSR count). The van der Waals surface area contributed by atoms with Crippen molar-refractivity contribution < 1.29 is 14.4 Å². The van der Waals surface area contributed by atoms with Crippen LogP contribution in [-0.2, 0) is 14.4 Å². The molecule has 0 saturated carbocycles. The first-order chi connectivity index (χ1) is 16.4. The second kappa shape index (κ2) is 25.2. The third kappa shape index (κ3) is 20.2. The summed E-state index contributed by atoms with van der Waals surface area (Å²) in [5.74, 6) is -2.25. The van der Waals surface area contributed by atoms with E-state index in [-0.39, 0.29) is 11.8 Å². The molecule has 0 aliphatic rings. The Balaban J connectivity index is 0. The van der Waals surface area contributed by atoms with Crippen molar-refractivity contribution in [2.24, 2.45) is 17.4 Å². The highest BCUT2D eigenvalue weighted by Gasteiger charge is 2.19. The standard InChI is InChI=1S/C22H44N2O2.C4H3N3O/c1-3-5-7-9-11-13-15-17-21(25)24(20-19-23)22(26)18-16-14-12-10-8-6-4-2;5-1-3(2-6)4(7)8/h3-20,23H2,1-2H3;3H,(H2,7,8). The van der Waals surface area contributed by atoms with Crippen molar-refractivity contribution in [1.29, 1.82) is 10.5 Å². The van der Waals surface area contributed by atoms with Crippen LogP contribution in [0.1, 0.15) is 117 Å². The number of carbonyl (C=O) groups excluding carboxylic acids is 3. The van der Waals surface area contributed by atoms with E-state index in [2.05, 4.69) is 19.6 Å². The Labute approximate surface area is 207 Å². The van der Waals surface area contributed by atoms with Gasteiger partial charge in [0.15, 0.2) is 0 Å². The van der Waals surface area contributed by atoms with Gasteiger partial charge < -0.3 is 11.5 Å². The van der Waals surface area contributed by atoms with Crippen LogP contribution in [-0.4, -0.2) is 35.7 Å². The minimum atomic E-state index is -1.30. The first-order valence-electron chi connectivity index (χ1n) is 13.0. The monoisotopic (exact) mass is 477 g/mol. The van der Waals surface area contributed by atoms with E-state index in [9.17, 15) is 14.4 Å². The van der Waals surface area contributed by atoms with Gasteiger partial charge in [-0.15, -0.1) is 0 Å². The zero-order valence-electron chi connectivity index (χ0n) is 21.5. The number of nitrogens with zero attached hydrogens (tertiary/aromatic N) is 3. The average molecular weight is 478 g/mol. The Hall–Kier alpha value is -2.45. The molecule has 0 aliphatic heterocycles. The summed E-state index contributed by atoms with van der Waals surface area (Å²) in [7, 11) is 0. The molecular weight excluding hydrogens is 430 g/mol. The van der Waals surface area contributed by atoms with Crippen molar-refractivity contribution in [1.82, 2.24) is 4.90 Å². The molecule has 0 radical (unpaired) electrons. The lowest BCUT2D eigenvalue weighted by Gasteiger charge is -2.20. The van der Waals surface area contributed by atoms with Gasteiger partial charge in [0.25, 0.3) is 0 Å². The molecule has 34 heavy (non-hydrogen) atoms. The number of unbranched alkanes of at least 4 members (excludes halogenated alkanes) is 12. The van der Waals surface area contributed by atoms with Crippen LogP contribution in [0, 0.1) is 28.6 Å². The number of nitriles is 2. The van der Waals surface area contributed by atoms with Crippen molar-refractivity contribution in [3.8, 4) is 12.1 Å². The van der Waals surface area contributed by atoms with Gasteiger partial charge in [-0.05, 0) is 12.8 Å². The predicted molar refractivity (Wildman–Crippen MR) is 135 cm³/mol. The molecule has 8 heteroatoms. The summed E-state index contributed by atoms with van der Waals surface area (Å²) in [6, 6.07) is 2.83. The number of primary amides is 1. The minimum Gasteiger partial charge on any atom is -0.368 e. The van der Waals surface area contributed by atoms with E-state index < -0.39 is 11.8 Å². The summed E-state index contributed by atoms with van der Waals surface area (Å²) in [5.41, 5.74) is 10.2. The van der Waals surface area contributed by atoms with Crippen molar-refractivity contribution >= 4 is 17.7 Å². The van der Waals surface area contributed by atoms with Gasteiger partial charge in [-0.2, -0.15) is 10.5 Å². The highest BCUT2D eigenvalue weighted by molar-refractivity contribution is 5.95. The lowest BCUT2D eigenvalue weighted by atomic mass is 10.1. The predicted octanol–water partition coefficient (Wildman–Crippen LogP) is 4.72. The van der Waals surface area contributed by atoms with Crippen LogP contribution < -0.4 is 11.5 Å². The topological polar surface area (TPSA) is 154 Å². The van der Waals surface area contributed by atoms with Gasteiger partial charge in [0.05, 0.1) is 12.1 Å². The van der Waals surface area contributed by atoms with Gasteiger partial charge in [0, 0.05) is 25.9 Å². The molecule has 0 aromatic carbocycles. The molecule has 4 N–H and O–H groups in total. The number of nitrogens with two attached hydrogens (primary N) is 2. The second-order valence-electron chi connectivity index (χ2n) is 8.56. The van der Waals surface area contributed by atoms with Crippen LogP contribution in [0.5, 0.6) is 0 Å². The summed E-state index contributed by atoms with van der Waals surface area (Å²) in [6.07, 6.45) is 17.5. The van der Waals surface area contributed by atoms with E-state index in [1.54, 1.807) is 0 Å². The number of carbonyl (C=O) groups is 3. The second-order valence-corrected chi connectivity index (χ2v) is 8.56. The molecule has 0 fully saturated rings. The smallest absolute Gasteiger partial charge is 0.249 e. The maximum absolute atomic E-state index is 12.4. The fraction of sp³-hybridized carbons (Fsp3) is 0.808. The fourth-order valence-corrected chi connectivity index (χ4v) is 3.41. The minimum absolute atomic E-state index is 0.0306. The number of hydrogen-bond donors (Lipinski definition) is 2. The van der Waals surface area contributed by atoms with Gasteiger partial charge in [-0.1, -0.05) is 90.9 Å². The van der Waals surface area contributed by atoms with Crippen molar-refractivity contribution in [2.45, 2.75) is 117 Å². The molecule has 0 aliphatic carbocycles. The summed E-state index contributed by atoms with van der Waals surface area (Å²) in [6.45, 7) is 5.15. The average Bonchev–Trinajstić information content (AvgIpc) is 2.82. The zero-order chi connectivity index (χ0) is 26.0. The lowest BCUT2D eigenvalue weighted by Crippen LogP contribution is -2.40. The summed E-state index contributed by atoms with van der Waals surface area (Å²) >= 11 is 0. The zero-order valence-corrected chi connectivity index (χ0v) is 21.5. The van der Waals surface area contributed by atoms with E-state index in [1.165, 1.54) is 81.2 Å². The Morgan fingerprint density at radius 3 is 1.32 bits per heavy atom. The Morgan fingerprint density at radius 2 is 1.06 bits per heavy atom. The van der Waals surface area contributed by atoms with E-state index in [0.29, 0.717) is 25.9 Å². The Morgan fingerprint density at radius 1 is 0.706 bits per heavy atom.